The fourth-order valence-corrected chi connectivity index (χ4v) is 10.9. The van der Waals surface area contributed by atoms with Crippen LogP contribution in [-0.2, 0) is 9.59 Å². The number of carboxylic acids is 2. The second-order valence-corrected chi connectivity index (χ2v) is 22.8. The van der Waals surface area contributed by atoms with Crippen LogP contribution in [0.4, 0.5) is 37.7 Å². The van der Waals surface area contributed by atoms with E-state index in [-0.39, 0.29) is 39.4 Å². The molecule has 0 saturated heterocycles. The maximum atomic E-state index is 12.5. The van der Waals surface area contributed by atoms with Crippen molar-refractivity contribution < 1.29 is 94.6 Å². The predicted octanol–water partition coefficient (Wildman–Crippen LogP) is 14.5. The van der Waals surface area contributed by atoms with Crippen LogP contribution >= 0.6 is 39.1 Å². The molecular formula is C71H59BrCl2F6N6O18. The molecule has 0 aliphatic rings. The zero-order valence-electron chi connectivity index (χ0n) is 55.0. The number of aromatic hydroxyl groups is 3. The minimum atomic E-state index is -5.08. The lowest BCUT2D eigenvalue weighted by Gasteiger charge is -2.12. The SMILES string of the molecule is COc1cc2[nH]c(-c3ccc(Cl)cc3Cl)c(O)c(=O)c2cc1OC.COc1cc2[nH]c(-c3ccccc3)c(N)c(=O)c2cc1OC.COc1cc2[nH]c(-c3ccccc3N)c(O)c(=O)c2cc1OC.COc1ccccc1-c1[nH]c2cccc(Br)c2c(=O)c1O.O=C(O)C(F)(F)F.O=C(O)C(F)(F)F. The standard InChI is InChI=1S/C17H13Cl2NO4.C17H16N2O4.C17H16N2O3.C16H12BrNO3.2C2HF3O2/c1-23-13-6-10-12(7-14(13)24-2)20-15(17(22)16(10)21)9-4-3-8(18)5-11(9)19;1-22-13-7-10-12(8-14(13)23-2)19-15(17(21)16(10)20)9-5-3-4-6-11(9)18;1-21-13-8-11-12(9-14(13)22-2)19-16(15(18)17(11)20)10-6-4-3-5-7-10;1-21-12-8-3-2-5-9(12)14-16(20)15(19)13-10(17)6-4-7-11(13)18-14;2*3-2(4,5)1(6)7/h3-7,22H,1-2H3,(H,20,21);3-8,21H,18H2,1-2H3,(H,19,20);3-9H,18H2,1-2H3,(H,19,20);2-8,20H,1H3,(H,18,19);2*(H,6,7). The van der Waals surface area contributed by atoms with Crippen molar-refractivity contribution in [3.05, 3.63) is 207 Å². The summed E-state index contributed by atoms with van der Waals surface area (Å²) in [5.41, 5.74) is 17.2. The number of pyridine rings is 4. The Morgan fingerprint density at radius 1 is 0.413 bits per heavy atom. The molecule has 0 unspecified atom stereocenters. The Morgan fingerprint density at radius 2 is 0.779 bits per heavy atom. The highest BCUT2D eigenvalue weighted by Crippen LogP contribution is 2.40. The molecule has 0 aliphatic carbocycles. The summed E-state index contributed by atoms with van der Waals surface area (Å²) in [5.74, 6) is -3.28. The lowest BCUT2D eigenvalue weighted by molar-refractivity contribution is -0.193. The predicted molar refractivity (Wildman–Crippen MR) is 385 cm³/mol. The number of hydrogen-bond donors (Lipinski definition) is 11. The molecule has 0 bridgehead atoms. The third-order valence-corrected chi connectivity index (χ3v) is 16.0. The maximum absolute atomic E-state index is 12.5. The first-order chi connectivity index (χ1) is 49.2. The molecule has 4 heterocycles. The van der Waals surface area contributed by atoms with Crippen molar-refractivity contribution in [3.63, 3.8) is 0 Å². The maximum Gasteiger partial charge on any atom is 0.490 e. The summed E-state index contributed by atoms with van der Waals surface area (Å²) in [6.07, 6.45) is -10.2. The van der Waals surface area contributed by atoms with Gasteiger partial charge in [0.1, 0.15) is 11.4 Å². The number of para-hydroxylation sites is 2. The van der Waals surface area contributed by atoms with E-state index >= 15 is 0 Å². The number of aliphatic carboxylic acids is 2. The Kier molecular flexibility index (Phi) is 25.8. The van der Waals surface area contributed by atoms with E-state index < -0.39 is 46.3 Å². The van der Waals surface area contributed by atoms with Crippen LogP contribution in [0, 0.1) is 0 Å². The molecule has 544 valence electrons. The van der Waals surface area contributed by atoms with Crippen LogP contribution in [0.2, 0.25) is 10.0 Å². The van der Waals surface area contributed by atoms with E-state index in [0.29, 0.717) is 127 Å². The van der Waals surface area contributed by atoms with Crippen molar-refractivity contribution in [2.45, 2.75) is 12.4 Å². The lowest BCUT2D eigenvalue weighted by Crippen LogP contribution is -2.21. The van der Waals surface area contributed by atoms with Gasteiger partial charge in [0.25, 0.3) is 0 Å². The molecule has 0 radical (unpaired) electrons. The van der Waals surface area contributed by atoms with Gasteiger partial charge in [-0.3, -0.25) is 19.2 Å². The first kappa shape index (κ1) is 79.1. The number of alkyl halides is 6. The topological polar surface area (TPSA) is 383 Å². The number of anilines is 2. The van der Waals surface area contributed by atoms with E-state index in [1.165, 1.54) is 53.7 Å². The fourth-order valence-electron chi connectivity index (χ4n) is 9.81. The van der Waals surface area contributed by atoms with Crippen LogP contribution in [0.1, 0.15) is 0 Å². The molecule has 0 atom stereocenters. The highest BCUT2D eigenvalue weighted by Gasteiger charge is 2.39. The van der Waals surface area contributed by atoms with E-state index in [2.05, 4.69) is 35.9 Å². The van der Waals surface area contributed by atoms with Crippen molar-refractivity contribution >= 4 is 106 Å². The van der Waals surface area contributed by atoms with E-state index in [0.717, 1.165) is 5.56 Å². The van der Waals surface area contributed by atoms with Crippen LogP contribution in [-0.4, -0.2) is 120 Å². The van der Waals surface area contributed by atoms with Crippen molar-refractivity contribution in [3.8, 4) is 103 Å². The highest BCUT2D eigenvalue weighted by atomic mass is 79.9. The van der Waals surface area contributed by atoms with Gasteiger partial charge < -0.3 is 90.1 Å². The first-order valence-corrected chi connectivity index (χ1v) is 31.0. The minimum absolute atomic E-state index is 0.186. The second kappa shape index (κ2) is 34.0. The van der Waals surface area contributed by atoms with E-state index in [4.69, 9.17) is 87.6 Å². The molecule has 4 aromatic heterocycles. The normalized spacial score (nSPS) is 10.8. The third kappa shape index (κ3) is 17.9. The molecule has 0 fully saturated rings. The molecule has 0 amide bonds. The number of ether oxygens (including phenoxy) is 7. The van der Waals surface area contributed by atoms with E-state index in [1.54, 1.807) is 99.1 Å². The molecule has 8 aromatic carbocycles. The fraction of sp³-hybridized carbons (Fsp3) is 0.127. The summed E-state index contributed by atoms with van der Waals surface area (Å²) in [6, 6.07) is 43.6. The number of carboxylic acid groups (broad SMARTS) is 2. The van der Waals surface area contributed by atoms with Crippen LogP contribution in [0.5, 0.6) is 57.5 Å². The highest BCUT2D eigenvalue weighted by molar-refractivity contribution is 9.10. The van der Waals surface area contributed by atoms with Gasteiger partial charge in [-0.1, -0.05) is 89.9 Å². The summed E-state index contributed by atoms with van der Waals surface area (Å²) < 4.78 is 101. The minimum Gasteiger partial charge on any atom is -0.503 e. The van der Waals surface area contributed by atoms with E-state index in [1.807, 2.05) is 48.5 Å². The van der Waals surface area contributed by atoms with Crippen molar-refractivity contribution in [1.82, 2.24) is 19.9 Å². The number of benzene rings is 8. The van der Waals surface area contributed by atoms with Crippen LogP contribution < -0.4 is 66.3 Å². The monoisotopic (exact) mass is 1550 g/mol. The first-order valence-electron chi connectivity index (χ1n) is 29.4. The number of aromatic nitrogens is 4. The van der Waals surface area contributed by atoms with Gasteiger partial charge in [-0.05, 0) is 82.7 Å². The number of nitrogens with two attached hydrogens (primary N) is 2. The van der Waals surface area contributed by atoms with Crippen molar-refractivity contribution in [2.24, 2.45) is 0 Å². The number of nitrogens with one attached hydrogen (secondary N) is 4. The number of halogens is 9. The lowest BCUT2D eigenvalue weighted by atomic mass is 10.1. The number of aromatic amines is 4. The Hall–Kier alpha value is -12.2. The molecule has 0 saturated carbocycles. The summed E-state index contributed by atoms with van der Waals surface area (Å²) in [7, 11) is 10.6. The Morgan fingerprint density at radius 3 is 1.21 bits per heavy atom. The van der Waals surface area contributed by atoms with Gasteiger partial charge in [0, 0.05) is 55.6 Å². The summed E-state index contributed by atoms with van der Waals surface area (Å²) in [5, 5.41) is 47.4. The molecular weight excluding hydrogens is 1490 g/mol. The van der Waals surface area contributed by atoms with Gasteiger partial charge in [-0.15, -0.1) is 0 Å². The number of H-pyrrole nitrogens is 4. The van der Waals surface area contributed by atoms with Crippen molar-refractivity contribution in [2.75, 3.05) is 61.2 Å². The van der Waals surface area contributed by atoms with Gasteiger partial charge >= 0.3 is 24.3 Å². The number of carbonyl (C=O) groups is 2. The number of methoxy groups -OCH3 is 7. The van der Waals surface area contributed by atoms with Crippen LogP contribution in [0.3, 0.4) is 0 Å². The van der Waals surface area contributed by atoms with Crippen molar-refractivity contribution in [1.29, 1.82) is 0 Å². The quantitative estimate of drug-likeness (QED) is 0.0423. The van der Waals surface area contributed by atoms with Crippen LogP contribution in [0.25, 0.3) is 88.6 Å². The third-order valence-electron chi connectivity index (χ3n) is 14.8. The molecule has 13 N–H and O–H groups in total. The smallest absolute Gasteiger partial charge is 0.490 e. The number of hydrogen-bond acceptors (Lipinski definition) is 18. The number of fused-ring (bicyclic) bond motifs is 4. The molecule has 12 rings (SSSR count). The van der Waals surface area contributed by atoms with Gasteiger partial charge in [0.05, 0.1) is 121 Å². The number of nitrogen functional groups attached to an aromatic ring is 2. The van der Waals surface area contributed by atoms with Gasteiger partial charge in [-0.2, -0.15) is 26.3 Å². The Balaban J connectivity index is 0.000000182. The van der Waals surface area contributed by atoms with E-state index in [9.17, 15) is 60.8 Å². The summed E-state index contributed by atoms with van der Waals surface area (Å²) >= 11 is 15.4. The molecule has 24 nitrogen and oxygen atoms in total. The van der Waals surface area contributed by atoms with Gasteiger partial charge in [0.15, 0.2) is 51.7 Å². The molecule has 0 spiro atoms. The van der Waals surface area contributed by atoms with Gasteiger partial charge in [0.2, 0.25) is 21.7 Å². The zero-order valence-corrected chi connectivity index (χ0v) is 58.1. The largest absolute Gasteiger partial charge is 0.503 e. The molecule has 104 heavy (non-hydrogen) atoms. The Bertz CT molecular complexity index is 5420. The average molecular weight is 1550 g/mol. The second-order valence-electron chi connectivity index (χ2n) is 21.1. The molecule has 33 heteroatoms. The van der Waals surface area contributed by atoms with Crippen LogP contribution in [0.15, 0.2) is 175 Å². The summed E-state index contributed by atoms with van der Waals surface area (Å²) in [6.45, 7) is 0. The number of rotatable bonds is 11. The zero-order chi connectivity index (χ0) is 76.8. The average Bonchev–Trinajstić information content (AvgIpc) is 0.788. The Labute approximate surface area is 600 Å². The molecule has 0 aliphatic heterocycles. The van der Waals surface area contributed by atoms with Gasteiger partial charge in [-0.25, -0.2) is 9.59 Å². The molecule has 12 aromatic rings. The summed E-state index contributed by atoms with van der Waals surface area (Å²) in [4.78, 5) is 80.2.